The van der Waals surface area contributed by atoms with E-state index >= 15 is 0 Å². The minimum absolute atomic E-state index is 0.0268. The Bertz CT molecular complexity index is 873. The molecule has 2 aromatic rings. The lowest BCUT2D eigenvalue weighted by atomic mass is 10.1. The van der Waals surface area contributed by atoms with E-state index in [-0.39, 0.29) is 18.1 Å². The Kier molecular flexibility index (Phi) is 8.69. The Morgan fingerprint density at radius 3 is 2.85 bits per heavy atom. The first-order valence-electron chi connectivity index (χ1n) is 12.2. The number of amides is 1. The molecule has 0 radical (unpaired) electrons. The highest BCUT2D eigenvalue weighted by molar-refractivity contribution is 5.83. The molecule has 0 aliphatic carbocycles. The molecule has 1 aromatic heterocycles. The van der Waals surface area contributed by atoms with Crippen LogP contribution in [0.2, 0.25) is 0 Å². The van der Waals surface area contributed by atoms with Gasteiger partial charge in [-0.1, -0.05) is 37.6 Å². The maximum atomic E-state index is 13.3. The first-order chi connectivity index (χ1) is 16.2. The summed E-state index contributed by atoms with van der Waals surface area (Å²) in [7, 11) is 0. The monoisotopic (exact) mass is 452 g/mol. The lowest BCUT2D eigenvalue weighted by Crippen LogP contribution is -2.47. The Morgan fingerprint density at radius 1 is 1.21 bits per heavy atom. The van der Waals surface area contributed by atoms with Crippen molar-refractivity contribution in [2.75, 3.05) is 45.9 Å². The van der Waals surface area contributed by atoms with Crippen LogP contribution in [0.5, 0.6) is 5.75 Å². The number of carbonyl (C=O) groups excluding carboxylic acids is 1. The lowest BCUT2D eigenvalue weighted by molar-refractivity contribution is -0.128. The van der Waals surface area contributed by atoms with E-state index in [4.69, 9.17) is 9.47 Å². The molecule has 1 fully saturated rings. The zero-order valence-electron chi connectivity index (χ0n) is 19.6. The molecule has 2 aliphatic heterocycles. The molecule has 1 amide bonds. The summed E-state index contributed by atoms with van der Waals surface area (Å²) in [4.78, 5) is 22.1. The minimum atomic E-state index is -0.340. The number of unbranched alkanes of at least 4 members (excludes halogenated alkanes) is 1. The zero-order valence-corrected chi connectivity index (χ0v) is 19.6. The fourth-order valence-electron chi connectivity index (χ4n) is 4.65. The molecular formula is C26H36N4O3. The van der Waals surface area contributed by atoms with Gasteiger partial charge >= 0.3 is 0 Å². The summed E-state index contributed by atoms with van der Waals surface area (Å²) in [6, 6.07) is 11.8. The predicted octanol–water partition coefficient (Wildman–Crippen LogP) is 3.02. The summed E-state index contributed by atoms with van der Waals surface area (Å²) < 4.78 is 11.8. The van der Waals surface area contributed by atoms with Crippen LogP contribution < -0.4 is 10.1 Å². The van der Waals surface area contributed by atoms with Crippen molar-refractivity contribution in [1.29, 1.82) is 0 Å². The molecule has 7 nitrogen and oxygen atoms in total. The van der Waals surface area contributed by atoms with E-state index in [1.54, 1.807) is 12.4 Å². The highest BCUT2D eigenvalue weighted by Gasteiger charge is 2.29. The fourth-order valence-corrected chi connectivity index (χ4v) is 4.65. The van der Waals surface area contributed by atoms with Crippen molar-refractivity contribution in [2.45, 2.75) is 44.9 Å². The summed E-state index contributed by atoms with van der Waals surface area (Å²) in [5.41, 5.74) is 2.14. The number of hydrogen-bond acceptors (Lipinski definition) is 6. The SMILES string of the molecule is CCCC[C@H]1CN(CCNC(=O)[C@@H](c2cccnc2)N2CCOCC2)Cc2ccccc2O1. The molecule has 0 unspecified atom stereocenters. The molecular weight excluding hydrogens is 416 g/mol. The van der Waals surface area contributed by atoms with E-state index in [1.165, 1.54) is 5.56 Å². The quantitative estimate of drug-likeness (QED) is 0.631. The zero-order chi connectivity index (χ0) is 22.9. The van der Waals surface area contributed by atoms with Crippen LogP contribution in [0.1, 0.15) is 43.4 Å². The Balaban J connectivity index is 1.38. The fraction of sp³-hybridized carbons (Fsp3) is 0.538. The van der Waals surface area contributed by atoms with Gasteiger partial charge in [-0.15, -0.1) is 0 Å². The average molecular weight is 453 g/mol. The molecule has 0 bridgehead atoms. The molecule has 2 aliphatic rings. The van der Waals surface area contributed by atoms with Crippen LogP contribution in [0.15, 0.2) is 48.8 Å². The number of benzene rings is 1. The smallest absolute Gasteiger partial charge is 0.242 e. The number of nitrogens with zero attached hydrogens (tertiary/aromatic N) is 3. The van der Waals surface area contributed by atoms with Crippen LogP contribution >= 0.6 is 0 Å². The third-order valence-corrected chi connectivity index (χ3v) is 6.39. The van der Waals surface area contributed by atoms with Crippen molar-refractivity contribution in [2.24, 2.45) is 0 Å². The molecule has 1 saturated heterocycles. The minimum Gasteiger partial charge on any atom is -0.489 e. The Morgan fingerprint density at radius 2 is 2.06 bits per heavy atom. The maximum absolute atomic E-state index is 13.3. The van der Waals surface area contributed by atoms with Crippen molar-refractivity contribution >= 4 is 5.91 Å². The molecule has 33 heavy (non-hydrogen) atoms. The second-order valence-corrected chi connectivity index (χ2v) is 8.85. The van der Waals surface area contributed by atoms with Gasteiger partial charge in [-0.05, 0) is 30.5 Å². The van der Waals surface area contributed by atoms with Gasteiger partial charge in [0.2, 0.25) is 5.91 Å². The lowest BCUT2D eigenvalue weighted by Gasteiger charge is -2.33. The largest absolute Gasteiger partial charge is 0.489 e. The van der Waals surface area contributed by atoms with E-state index in [1.807, 2.05) is 18.2 Å². The maximum Gasteiger partial charge on any atom is 0.242 e. The van der Waals surface area contributed by atoms with Crippen LogP contribution in [0.25, 0.3) is 0 Å². The number of pyridine rings is 1. The average Bonchev–Trinajstić information content (AvgIpc) is 3.03. The van der Waals surface area contributed by atoms with Crippen molar-refractivity contribution in [3.05, 3.63) is 59.9 Å². The second kappa shape index (κ2) is 12.1. The number of hydrogen-bond donors (Lipinski definition) is 1. The summed E-state index contributed by atoms with van der Waals surface area (Å²) in [5.74, 6) is 1.02. The molecule has 2 atom stereocenters. The van der Waals surface area contributed by atoms with Crippen molar-refractivity contribution in [3.8, 4) is 5.75 Å². The van der Waals surface area contributed by atoms with Crippen molar-refractivity contribution in [3.63, 3.8) is 0 Å². The molecule has 3 heterocycles. The number of para-hydroxylation sites is 1. The first kappa shape index (κ1) is 23.7. The molecule has 0 spiro atoms. The van der Waals surface area contributed by atoms with Crippen LogP contribution in [-0.4, -0.2) is 72.7 Å². The summed E-state index contributed by atoms with van der Waals surface area (Å²) in [5, 5.41) is 3.20. The topological polar surface area (TPSA) is 66.9 Å². The van der Waals surface area contributed by atoms with Gasteiger partial charge in [-0.2, -0.15) is 0 Å². The van der Waals surface area contributed by atoms with Crippen LogP contribution in [0.4, 0.5) is 0 Å². The van der Waals surface area contributed by atoms with E-state index < -0.39 is 0 Å². The molecule has 0 saturated carbocycles. The molecule has 7 heteroatoms. The number of morpholine rings is 1. The van der Waals surface area contributed by atoms with Gasteiger partial charge in [0, 0.05) is 57.2 Å². The van der Waals surface area contributed by atoms with Gasteiger partial charge in [0.05, 0.1) is 13.2 Å². The van der Waals surface area contributed by atoms with Crippen LogP contribution in [-0.2, 0) is 16.1 Å². The third kappa shape index (κ3) is 6.53. The van der Waals surface area contributed by atoms with Gasteiger partial charge < -0.3 is 14.8 Å². The van der Waals surface area contributed by atoms with Crippen LogP contribution in [0, 0.1) is 0 Å². The van der Waals surface area contributed by atoms with Crippen molar-refractivity contribution in [1.82, 2.24) is 20.1 Å². The standard InChI is InChI=1S/C26H36N4O3/c1-2-3-9-23-20-29(19-22-7-4-5-10-24(22)33-23)13-12-28-26(31)25(21-8-6-11-27-18-21)30-14-16-32-17-15-30/h4-8,10-11,18,23,25H,2-3,9,12-17,19-20H2,1H3,(H,28,31)/t23-,25+/m0/s1. The highest BCUT2D eigenvalue weighted by Crippen LogP contribution is 2.26. The Hall–Kier alpha value is -2.48. The van der Waals surface area contributed by atoms with Gasteiger partial charge in [-0.3, -0.25) is 19.6 Å². The summed E-state index contributed by atoms with van der Waals surface area (Å²) in [6.07, 6.45) is 7.08. The third-order valence-electron chi connectivity index (χ3n) is 6.39. The second-order valence-electron chi connectivity index (χ2n) is 8.85. The van der Waals surface area contributed by atoms with Crippen molar-refractivity contribution < 1.29 is 14.3 Å². The number of carbonyl (C=O) groups is 1. The van der Waals surface area contributed by atoms with E-state index in [9.17, 15) is 4.79 Å². The Labute approximate surface area is 197 Å². The first-order valence-corrected chi connectivity index (χ1v) is 12.2. The van der Waals surface area contributed by atoms with E-state index in [0.717, 1.165) is 63.3 Å². The molecule has 178 valence electrons. The van der Waals surface area contributed by atoms with E-state index in [0.29, 0.717) is 19.8 Å². The summed E-state index contributed by atoms with van der Waals surface area (Å²) >= 11 is 0. The normalized spacial score (nSPS) is 20.3. The summed E-state index contributed by atoms with van der Waals surface area (Å²) in [6.45, 7) is 8.10. The number of rotatable bonds is 9. The molecule has 1 N–H and O–H groups in total. The van der Waals surface area contributed by atoms with Gasteiger partial charge in [0.15, 0.2) is 0 Å². The van der Waals surface area contributed by atoms with Gasteiger partial charge in [0.25, 0.3) is 0 Å². The van der Waals surface area contributed by atoms with E-state index in [2.05, 4.69) is 45.2 Å². The van der Waals surface area contributed by atoms with Gasteiger partial charge in [0.1, 0.15) is 17.9 Å². The number of ether oxygens (including phenoxy) is 2. The number of aromatic nitrogens is 1. The van der Waals surface area contributed by atoms with Gasteiger partial charge in [-0.25, -0.2) is 0 Å². The number of nitrogens with one attached hydrogen (secondary N) is 1. The molecule has 4 rings (SSSR count). The predicted molar refractivity (Wildman–Crippen MR) is 128 cm³/mol. The molecule has 1 aromatic carbocycles. The van der Waals surface area contributed by atoms with Crippen LogP contribution in [0.3, 0.4) is 0 Å². The highest BCUT2D eigenvalue weighted by atomic mass is 16.5. The number of fused-ring (bicyclic) bond motifs is 1.